The Morgan fingerprint density at radius 3 is 2.50 bits per heavy atom. The minimum Gasteiger partial charge on any atom is -0.340 e. The van der Waals surface area contributed by atoms with Crippen LogP contribution in [-0.4, -0.2) is 4.57 Å². The highest BCUT2D eigenvalue weighted by atomic mass is 35.5. The van der Waals surface area contributed by atoms with E-state index in [2.05, 4.69) is 54.0 Å². The normalized spacial score (nSPS) is 11.0. The zero-order valence-corrected chi connectivity index (χ0v) is 11.0. The molecule has 3 rings (SSSR count). The highest BCUT2D eigenvalue weighted by Gasteiger charge is 2.05. The molecule has 3 aromatic rings. The molecular formula is C16H14ClN. The summed E-state index contributed by atoms with van der Waals surface area (Å²) in [4.78, 5) is 0. The van der Waals surface area contributed by atoms with Gasteiger partial charge in [0, 0.05) is 22.8 Å². The van der Waals surface area contributed by atoms with Crippen LogP contribution in [0.25, 0.3) is 10.9 Å². The summed E-state index contributed by atoms with van der Waals surface area (Å²) in [7, 11) is 0. The summed E-state index contributed by atoms with van der Waals surface area (Å²) in [5, 5.41) is 2.08. The molecule has 18 heavy (non-hydrogen) atoms. The van der Waals surface area contributed by atoms with Crippen molar-refractivity contribution in [2.24, 2.45) is 0 Å². The van der Waals surface area contributed by atoms with E-state index in [1.807, 2.05) is 12.1 Å². The van der Waals surface area contributed by atoms with Crippen molar-refractivity contribution in [2.45, 2.75) is 13.5 Å². The standard InChI is InChI=1S/C16H14ClN/c1-12-10-14-4-2-3-5-16(14)18(12)11-13-6-8-15(17)9-7-13/h2-10H,11H2,1H3. The maximum atomic E-state index is 5.91. The summed E-state index contributed by atoms with van der Waals surface area (Å²) in [6.45, 7) is 3.03. The van der Waals surface area contributed by atoms with Crippen molar-refractivity contribution >= 4 is 22.5 Å². The first kappa shape index (κ1) is 11.4. The van der Waals surface area contributed by atoms with Gasteiger partial charge in [-0.2, -0.15) is 0 Å². The van der Waals surface area contributed by atoms with Crippen molar-refractivity contribution in [3.8, 4) is 0 Å². The fourth-order valence-electron chi connectivity index (χ4n) is 2.33. The molecule has 0 bridgehead atoms. The molecule has 90 valence electrons. The number of halogens is 1. The molecular weight excluding hydrogens is 242 g/mol. The number of benzene rings is 2. The Bertz CT molecular complexity index is 680. The van der Waals surface area contributed by atoms with Crippen LogP contribution >= 0.6 is 11.6 Å². The lowest BCUT2D eigenvalue weighted by molar-refractivity contribution is 0.805. The van der Waals surface area contributed by atoms with Gasteiger partial charge < -0.3 is 4.57 Å². The molecule has 0 aliphatic heterocycles. The zero-order chi connectivity index (χ0) is 12.5. The summed E-state index contributed by atoms with van der Waals surface area (Å²) in [5.41, 5.74) is 3.83. The Kier molecular flexibility index (Phi) is 2.85. The Hall–Kier alpha value is -1.73. The first-order valence-corrected chi connectivity index (χ1v) is 6.41. The summed E-state index contributed by atoms with van der Waals surface area (Å²) in [6, 6.07) is 18.8. The molecule has 0 aliphatic rings. The Balaban J connectivity index is 2.04. The van der Waals surface area contributed by atoms with E-state index in [4.69, 9.17) is 11.6 Å². The van der Waals surface area contributed by atoms with Crippen LogP contribution in [0.4, 0.5) is 0 Å². The van der Waals surface area contributed by atoms with Gasteiger partial charge in [0.05, 0.1) is 0 Å². The molecule has 0 unspecified atom stereocenters. The van der Waals surface area contributed by atoms with E-state index in [1.54, 1.807) is 0 Å². The Morgan fingerprint density at radius 1 is 1.00 bits per heavy atom. The third kappa shape index (κ3) is 2.02. The van der Waals surface area contributed by atoms with E-state index >= 15 is 0 Å². The van der Waals surface area contributed by atoms with Gasteiger partial charge in [0.25, 0.3) is 0 Å². The smallest absolute Gasteiger partial charge is 0.0485 e. The fourth-order valence-corrected chi connectivity index (χ4v) is 2.46. The largest absolute Gasteiger partial charge is 0.340 e. The number of fused-ring (bicyclic) bond motifs is 1. The van der Waals surface area contributed by atoms with Crippen molar-refractivity contribution in [1.29, 1.82) is 0 Å². The van der Waals surface area contributed by atoms with Crippen molar-refractivity contribution in [3.63, 3.8) is 0 Å². The number of aryl methyl sites for hydroxylation is 1. The van der Waals surface area contributed by atoms with Crippen molar-refractivity contribution in [3.05, 3.63) is 70.9 Å². The van der Waals surface area contributed by atoms with Crippen LogP contribution in [0.1, 0.15) is 11.3 Å². The molecule has 0 atom stereocenters. The minimum absolute atomic E-state index is 0.785. The highest BCUT2D eigenvalue weighted by Crippen LogP contribution is 2.21. The van der Waals surface area contributed by atoms with Gasteiger partial charge in [0.1, 0.15) is 0 Å². The molecule has 2 heteroatoms. The summed E-state index contributed by atoms with van der Waals surface area (Å²) in [5.74, 6) is 0. The van der Waals surface area contributed by atoms with Crippen LogP contribution in [0.2, 0.25) is 5.02 Å². The molecule has 1 heterocycles. The van der Waals surface area contributed by atoms with Gasteiger partial charge in [0.2, 0.25) is 0 Å². The maximum Gasteiger partial charge on any atom is 0.0485 e. The van der Waals surface area contributed by atoms with Crippen LogP contribution in [-0.2, 0) is 6.54 Å². The van der Waals surface area contributed by atoms with Crippen molar-refractivity contribution in [1.82, 2.24) is 4.57 Å². The number of rotatable bonds is 2. The molecule has 0 spiro atoms. The number of para-hydroxylation sites is 1. The van der Waals surface area contributed by atoms with Gasteiger partial charge in [-0.25, -0.2) is 0 Å². The lowest BCUT2D eigenvalue weighted by Gasteiger charge is -2.08. The molecule has 0 fully saturated rings. The average molecular weight is 256 g/mol. The second-order valence-corrected chi connectivity index (χ2v) is 4.99. The Morgan fingerprint density at radius 2 is 1.72 bits per heavy atom. The number of aromatic nitrogens is 1. The molecule has 2 aromatic carbocycles. The number of hydrogen-bond acceptors (Lipinski definition) is 0. The number of nitrogens with zero attached hydrogens (tertiary/aromatic N) is 1. The van der Waals surface area contributed by atoms with E-state index in [-0.39, 0.29) is 0 Å². The lowest BCUT2D eigenvalue weighted by Crippen LogP contribution is -2.00. The highest BCUT2D eigenvalue weighted by molar-refractivity contribution is 6.30. The summed E-state index contributed by atoms with van der Waals surface area (Å²) >= 11 is 5.91. The van der Waals surface area contributed by atoms with Gasteiger partial charge in [-0.05, 0) is 42.1 Å². The molecule has 0 amide bonds. The van der Waals surface area contributed by atoms with Crippen LogP contribution in [0, 0.1) is 6.92 Å². The van der Waals surface area contributed by atoms with Crippen molar-refractivity contribution in [2.75, 3.05) is 0 Å². The van der Waals surface area contributed by atoms with Crippen LogP contribution in [0.5, 0.6) is 0 Å². The Labute approximate surface area is 112 Å². The van der Waals surface area contributed by atoms with Crippen LogP contribution in [0.3, 0.4) is 0 Å². The monoisotopic (exact) mass is 255 g/mol. The van der Waals surface area contributed by atoms with E-state index in [0.717, 1.165) is 11.6 Å². The molecule has 0 saturated carbocycles. The molecule has 1 aromatic heterocycles. The van der Waals surface area contributed by atoms with E-state index in [0.29, 0.717) is 0 Å². The van der Waals surface area contributed by atoms with Crippen LogP contribution < -0.4 is 0 Å². The summed E-state index contributed by atoms with van der Waals surface area (Å²) in [6.07, 6.45) is 0. The van der Waals surface area contributed by atoms with Gasteiger partial charge >= 0.3 is 0 Å². The lowest BCUT2D eigenvalue weighted by atomic mass is 10.2. The first-order valence-electron chi connectivity index (χ1n) is 6.03. The fraction of sp³-hybridized carbons (Fsp3) is 0.125. The molecule has 0 N–H and O–H groups in total. The molecule has 0 saturated heterocycles. The van der Waals surface area contributed by atoms with E-state index in [1.165, 1.54) is 22.2 Å². The molecule has 0 aliphatic carbocycles. The van der Waals surface area contributed by atoms with Gasteiger partial charge in [-0.1, -0.05) is 41.9 Å². The van der Waals surface area contributed by atoms with Crippen molar-refractivity contribution < 1.29 is 0 Å². The van der Waals surface area contributed by atoms with Gasteiger partial charge in [0.15, 0.2) is 0 Å². The topological polar surface area (TPSA) is 4.93 Å². The van der Waals surface area contributed by atoms with E-state index in [9.17, 15) is 0 Å². The molecule has 0 radical (unpaired) electrons. The SMILES string of the molecule is Cc1cc2ccccc2n1Cc1ccc(Cl)cc1. The van der Waals surface area contributed by atoms with Gasteiger partial charge in [-0.3, -0.25) is 0 Å². The first-order chi connectivity index (χ1) is 8.74. The maximum absolute atomic E-state index is 5.91. The third-order valence-corrected chi connectivity index (χ3v) is 3.52. The number of hydrogen-bond donors (Lipinski definition) is 0. The van der Waals surface area contributed by atoms with Gasteiger partial charge in [-0.15, -0.1) is 0 Å². The summed E-state index contributed by atoms with van der Waals surface area (Å²) < 4.78 is 2.33. The third-order valence-electron chi connectivity index (χ3n) is 3.27. The quantitative estimate of drug-likeness (QED) is 0.628. The van der Waals surface area contributed by atoms with E-state index < -0.39 is 0 Å². The second kappa shape index (κ2) is 4.51. The predicted octanol–water partition coefficient (Wildman–Crippen LogP) is 4.65. The predicted molar refractivity (Wildman–Crippen MR) is 77.2 cm³/mol. The minimum atomic E-state index is 0.785. The second-order valence-electron chi connectivity index (χ2n) is 4.56. The molecule has 1 nitrogen and oxygen atoms in total. The van der Waals surface area contributed by atoms with Crippen LogP contribution in [0.15, 0.2) is 54.6 Å². The zero-order valence-electron chi connectivity index (χ0n) is 10.2. The average Bonchev–Trinajstić information content (AvgIpc) is 2.69.